The first-order valence-corrected chi connectivity index (χ1v) is 9.85. The van der Waals surface area contributed by atoms with Gasteiger partial charge >= 0.3 is 0 Å². The van der Waals surface area contributed by atoms with Crippen LogP contribution in [0.2, 0.25) is 5.02 Å². The number of carbonyl (C=O) groups excluding carboxylic acids is 1. The van der Waals surface area contributed by atoms with Gasteiger partial charge in [-0.1, -0.05) is 35.9 Å². The molecule has 4 heteroatoms. The highest BCUT2D eigenvalue weighted by Gasteiger charge is 2.21. The van der Waals surface area contributed by atoms with Crippen molar-refractivity contribution < 1.29 is 4.79 Å². The molecule has 1 amide bonds. The van der Waals surface area contributed by atoms with E-state index in [1.807, 2.05) is 47.4 Å². The molecule has 0 atom stereocenters. The topological polar surface area (TPSA) is 32.3 Å². The highest BCUT2D eigenvalue weighted by atomic mass is 35.5. The Kier molecular flexibility index (Phi) is 5.04. The van der Waals surface area contributed by atoms with Crippen molar-refractivity contribution in [3.63, 3.8) is 0 Å². The molecule has 0 aliphatic carbocycles. The van der Waals surface area contributed by atoms with Gasteiger partial charge in [0, 0.05) is 40.4 Å². The van der Waals surface area contributed by atoms with Crippen LogP contribution in [0.4, 0.5) is 11.4 Å². The lowest BCUT2D eigenvalue weighted by Crippen LogP contribution is -2.35. The number of amides is 1. The Balaban J connectivity index is 1.77. The van der Waals surface area contributed by atoms with E-state index in [0.29, 0.717) is 5.02 Å². The molecule has 0 bridgehead atoms. The lowest BCUT2D eigenvalue weighted by atomic mass is 9.97. The minimum Gasteiger partial charge on any atom is -0.355 e. The molecule has 1 N–H and O–H groups in total. The van der Waals surface area contributed by atoms with Crippen LogP contribution in [0.5, 0.6) is 0 Å². The number of likely N-dealkylation sites (tertiary alicyclic amines) is 1. The van der Waals surface area contributed by atoms with Gasteiger partial charge in [0.1, 0.15) is 0 Å². The molecule has 3 aromatic rings. The van der Waals surface area contributed by atoms with Crippen LogP contribution in [0, 0.1) is 6.92 Å². The van der Waals surface area contributed by atoms with E-state index >= 15 is 0 Å². The molecule has 1 fully saturated rings. The van der Waals surface area contributed by atoms with Crippen molar-refractivity contribution in [1.82, 2.24) is 4.90 Å². The third kappa shape index (κ3) is 3.65. The predicted molar refractivity (Wildman–Crippen MR) is 113 cm³/mol. The van der Waals surface area contributed by atoms with Gasteiger partial charge in [0.15, 0.2) is 0 Å². The largest absolute Gasteiger partial charge is 0.355 e. The smallest absolute Gasteiger partial charge is 0.254 e. The second-order valence-corrected chi connectivity index (χ2v) is 7.58. The molecule has 0 radical (unpaired) electrons. The summed E-state index contributed by atoms with van der Waals surface area (Å²) < 4.78 is 0. The van der Waals surface area contributed by atoms with Crippen molar-refractivity contribution in [2.24, 2.45) is 0 Å². The zero-order chi connectivity index (χ0) is 18.8. The van der Waals surface area contributed by atoms with E-state index in [-0.39, 0.29) is 5.91 Å². The third-order valence-corrected chi connectivity index (χ3v) is 5.46. The summed E-state index contributed by atoms with van der Waals surface area (Å²) in [5.74, 6) is 0.142. The molecule has 0 saturated carbocycles. The molecular formula is C23H23ClN2O. The third-order valence-electron chi connectivity index (χ3n) is 5.23. The van der Waals surface area contributed by atoms with Crippen LogP contribution >= 0.6 is 11.6 Å². The summed E-state index contributed by atoms with van der Waals surface area (Å²) in [6.07, 6.45) is 3.40. The van der Waals surface area contributed by atoms with Gasteiger partial charge in [-0.15, -0.1) is 0 Å². The summed E-state index contributed by atoms with van der Waals surface area (Å²) >= 11 is 6.12. The summed E-state index contributed by atoms with van der Waals surface area (Å²) in [6.45, 7) is 3.78. The summed E-state index contributed by atoms with van der Waals surface area (Å²) in [5, 5.41) is 6.22. The predicted octanol–water partition coefficient (Wildman–Crippen LogP) is 6.17. The molecule has 0 aromatic heterocycles. The van der Waals surface area contributed by atoms with E-state index in [2.05, 4.69) is 24.4 Å². The second kappa shape index (κ2) is 7.61. The van der Waals surface area contributed by atoms with Crippen LogP contribution in [0.1, 0.15) is 35.2 Å². The van der Waals surface area contributed by atoms with Gasteiger partial charge in [-0.2, -0.15) is 0 Å². The highest BCUT2D eigenvalue weighted by molar-refractivity contribution is 6.30. The molecule has 1 aliphatic heterocycles. The van der Waals surface area contributed by atoms with Crippen molar-refractivity contribution in [3.8, 4) is 0 Å². The molecule has 27 heavy (non-hydrogen) atoms. The van der Waals surface area contributed by atoms with Crippen LogP contribution in [0.3, 0.4) is 0 Å². The average molecular weight is 379 g/mol. The fraction of sp³-hybridized carbons (Fsp3) is 0.261. The Bertz CT molecular complexity index is 993. The standard InChI is InChI=1S/C23H23ClN2O/c1-16-7-5-10-19-21(25-18-9-6-8-17(24)15-18)12-11-20(22(16)19)23(27)26-13-3-2-4-14-26/h5-12,15,25H,2-4,13-14H2,1H3. The van der Waals surface area contributed by atoms with Crippen molar-refractivity contribution in [2.45, 2.75) is 26.2 Å². The summed E-state index contributed by atoms with van der Waals surface area (Å²) in [6, 6.07) is 17.8. The molecule has 3 aromatic carbocycles. The molecule has 4 rings (SSSR count). The van der Waals surface area contributed by atoms with E-state index < -0.39 is 0 Å². The Morgan fingerprint density at radius 1 is 1.00 bits per heavy atom. The zero-order valence-corrected chi connectivity index (χ0v) is 16.2. The lowest BCUT2D eigenvalue weighted by Gasteiger charge is -2.27. The Morgan fingerprint density at radius 2 is 1.78 bits per heavy atom. The molecule has 0 unspecified atom stereocenters. The van der Waals surface area contributed by atoms with E-state index in [4.69, 9.17) is 11.6 Å². The average Bonchev–Trinajstić information content (AvgIpc) is 2.69. The Labute approximate surface area is 164 Å². The number of carbonyl (C=O) groups is 1. The number of hydrogen-bond donors (Lipinski definition) is 1. The second-order valence-electron chi connectivity index (χ2n) is 7.15. The zero-order valence-electron chi connectivity index (χ0n) is 15.5. The maximum absolute atomic E-state index is 13.2. The molecule has 3 nitrogen and oxygen atoms in total. The van der Waals surface area contributed by atoms with Crippen LogP contribution in [-0.4, -0.2) is 23.9 Å². The molecule has 1 saturated heterocycles. The van der Waals surface area contributed by atoms with E-state index in [1.54, 1.807) is 0 Å². The SMILES string of the molecule is Cc1cccc2c(Nc3cccc(Cl)c3)ccc(C(=O)N3CCCCC3)c12. The first-order chi connectivity index (χ1) is 13.1. The summed E-state index contributed by atoms with van der Waals surface area (Å²) in [4.78, 5) is 15.2. The first kappa shape index (κ1) is 17.9. The van der Waals surface area contributed by atoms with E-state index in [0.717, 1.165) is 59.2 Å². The Hall–Kier alpha value is -2.52. The quantitative estimate of drug-likeness (QED) is 0.590. The van der Waals surface area contributed by atoms with Crippen molar-refractivity contribution in [1.29, 1.82) is 0 Å². The number of nitrogens with zero attached hydrogens (tertiary/aromatic N) is 1. The number of rotatable bonds is 3. The van der Waals surface area contributed by atoms with Crippen molar-refractivity contribution >= 4 is 39.7 Å². The van der Waals surface area contributed by atoms with E-state index in [9.17, 15) is 4.79 Å². The van der Waals surface area contributed by atoms with Gasteiger partial charge in [0.25, 0.3) is 5.91 Å². The highest BCUT2D eigenvalue weighted by Crippen LogP contribution is 2.33. The number of nitrogens with one attached hydrogen (secondary N) is 1. The first-order valence-electron chi connectivity index (χ1n) is 9.48. The number of hydrogen-bond acceptors (Lipinski definition) is 2. The van der Waals surface area contributed by atoms with Gasteiger partial charge in [-0.3, -0.25) is 4.79 Å². The molecular weight excluding hydrogens is 356 g/mol. The number of anilines is 2. The van der Waals surface area contributed by atoms with Crippen LogP contribution in [0.25, 0.3) is 10.8 Å². The van der Waals surface area contributed by atoms with Gasteiger partial charge in [0.2, 0.25) is 0 Å². The van der Waals surface area contributed by atoms with Gasteiger partial charge < -0.3 is 10.2 Å². The fourth-order valence-corrected chi connectivity index (χ4v) is 4.06. The normalized spacial score (nSPS) is 14.4. The Morgan fingerprint density at radius 3 is 2.56 bits per heavy atom. The fourth-order valence-electron chi connectivity index (χ4n) is 3.87. The van der Waals surface area contributed by atoms with Crippen LogP contribution < -0.4 is 5.32 Å². The van der Waals surface area contributed by atoms with E-state index in [1.165, 1.54) is 6.42 Å². The maximum atomic E-state index is 13.2. The van der Waals surface area contributed by atoms with Crippen LogP contribution in [0.15, 0.2) is 54.6 Å². The van der Waals surface area contributed by atoms with Gasteiger partial charge in [-0.25, -0.2) is 0 Å². The number of aryl methyl sites for hydroxylation is 1. The maximum Gasteiger partial charge on any atom is 0.254 e. The van der Waals surface area contributed by atoms with Gasteiger partial charge in [-0.05, 0) is 67.5 Å². The molecule has 0 spiro atoms. The number of fused-ring (bicyclic) bond motifs is 1. The molecule has 138 valence electrons. The summed E-state index contributed by atoms with van der Waals surface area (Å²) in [7, 11) is 0. The van der Waals surface area contributed by atoms with Crippen molar-refractivity contribution in [2.75, 3.05) is 18.4 Å². The van der Waals surface area contributed by atoms with Crippen LogP contribution in [-0.2, 0) is 0 Å². The number of halogens is 1. The number of benzene rings is 3. The molecule has 1 heterocycles. The van der Waals surface area contributed by atoms with Gasteiger partial charge in [0.05, 0.1) is 0 Å². The number of piperidine rings is 1. The lowest BCUT2D eigenvalue weighted by molar-refractivity contribution is 0.0726. The minimum absolute atomic E-state index is 0.142. The minimum atomic E-state index is 0.142. The monoisotopic (exact) mass is 378 g/mol. The summed E-state index contributed by atoms with van der Waals surface area (Å²) in [5.41, 5.74) is 3.82. The molecule has 1 aliphatic rings. The van der Waals surface area contributed by atoms with Crippen molar-refractivity contribution in [3.05, 3.63) is 70.7 Å².